The summed E-state index contributed by atoms with van der Waals surface area (Å²) in [6.07, 6.45) is 3.88. The Morgan fingerprint density at radius 2 is 1.71 bits per heavy atom. The number of hydrogen-bond acceptors (Lipinski definition) is 4. The van der Waals surface area contributed by atoms with Gasteiger partial charge in [-0.1, -0.05) is 51.8 Å². The molecule has 2 fully saturated rings. The SMILES string of the molecule is CC(C)(C)CC(=O)c1cccc(CN2CCN(C(=O)c3ccc(NC(=O)NCCC4CC4)c(F)c3)CC2)c1. The molecule has 8 heteroatoms. The van der Waals surface area contributed by atoms with E-state index in [0.29, 0.717) is 51.6 Å². The maximum atomic E-state index is 14.6. The molecule has 4 rings (SSSR count). The smallest absolute Gasteiger partial charge is 0.319 e. The minimum absolute atomic E-state index is 0.0542. The van der Waals surface area contributed by atoms with Gasteiger partial charge < -0.3 is 15.5 Å². The van der Waals surface area contributed by atoms with Crippen molar-refractivity contribution in [2.75, 3.05) is 38.0 Å². The van der Waals surface area contributed by atoms with Gasteiger partial charge in [-0.15, -0.1) is 0 Å². The van der Waals surface area contributed by atoms with Gasteiger partial charge in [-0.3, -0.25) is 14.5 Å². The quantitative estimate of drug-likeness (QED) is 0.437. The first kappa shape index (κ1) is 27.8. The number of ketones is 1. The lowest BCUT2D eigenvalue weighted by molar-refractivity contribution is 0.0627. The number of nitrogens with one attached hydrogen (secondary N) is 2. The van der Waals surface area contributed by atoms with Crippen LogP contribution >= 0.6 is 0 Å². The zero-order chi connectivity index (χ0) is 27.3. The molecule has 0 bridgehead atoms. The summed E-state index contributed by atoms with van der Waals surface area (Å²) in [4.78, 5) is 41.6. The van der Waals surface area contributed by atoms with E-state index in [-0.39, 0.29) is 28.4 Å². The summed E-state index contributed by atoms with van der Waals surface area (Å²) >= 11 is 0. The highest BCUT2D eigenvalue weighted by Crippen LogP contribution is 2.31. The van der Waals surface area contributed by atoms with Gasteiger partial charge in [0.1, 0.15) is 5.82 Å². The third-order valence-electron chi connectivity index (χ3n) is 7.00. The van der Waals surface area contributed by atoms with Gasteiger partial charge in [-0.25, -0.2) is 9.18 Å². The van der Waals surface area contributed by atoms with Crippen LogP contribution in [0.2, 0.25) is 0 Å². The van der Waals surface area contributed by atoms with Crippen LogP contribution in [0.25, 0.3) is 0 Å². The van der Waals surface area contributed by atoms with Gasteiger partial charge >= 0.3 is 6.03 Å². The number of halogens is 1. The summed E-state index contributed by atoms with van der Waals surface area (Å²) in [5, 5.41) is 5.27. The number of hydrogen-bond donors (Lipinski definition) is 2. The average molecular weight is 523 g/mol. The molecule has 0 radical (unpaired) electrons. The number of nitrogens with zero attached hydrogens (tertiary/aromatic N) is 2. The molecule has 2 aliphatic rings. The number of benzene rings is 2. The monoisotopic (exact) mass is 522 g/mol. The Labute approximate surface area is 224 Å². The van der Waals surface area contributed by atoms with Crippen molar-refractivity contribution in [3.05, 3.63) is 65.0 Å². The number of anilines is 1. The molecule has 0 unspecified atom stereocenters. The second-order valence-corrected chi connectivity index (χ2v) is 11.7. The lowest BCUT2D eigenvalue weighted by Gasteiger charge is -2.35. The molecule has 38 heavy (non-hydrogen) atoms. The normalized spacial score (nSPS) is 16.3. The van der Waals surface area contributed by atoms with Crippen LogP contribution in [0.5, 0.6) is 0 Å². The Morgan fingerprint density at radius 3 is 2.37 bits per heavy atom. The standard InChI is InChI=1S/C30H39FN4O3/c1-30(2,3)19-27(36)23-6-4-5-22(17-23)20-34-13-15-35(16-14-34)28(37)24-9-10-26(25(31)18-24)33-29(38)32-12-11-21-7-8-21/h4-6,9-10,17-18,21H,7-8,11-16,19-20H2,1-3H3,(H2,32,33,38). The van der Waals surface area contributed by atoms with Crippen molar-refractivity contribution < 1.29 is 18.8 Å². The molecule has 1 saturated carbocycles. The highest BCUT2D eigenvalue weighted by atomic mass is 19.1. The fraction of sp³-hybridized carbons (Fsp3) is 0.500. The predicted octanol–water partition coefficient (Wildman–Crippen LogP) is 5.32. The first-order valence-electron chi connectivity index (χ1n) is 13.6. The number of urea groups is 1. The van der Waals surface area contributed by atoms with Crippen LogP contribution in [0.1, 0.15) is 72.7 Å². The molecule has 1 aliphatic carbocycles. The van der Waals surface area contributed by atoms with E-state index in [9.17, 15) is 18.8 Å². The van der Waals surface area contributed by atoms with E-state index in [0.717, 1.165) is 17.5 Å². The number of carbonyl (C=O) groups is 3. The Bertz CT molecular complexity index is 1160. The van der Waals surface area contributed by atoms with Crippen LogP contribution in [-0.4, -0.2) is 60.2 Å². The van der Waals surface area contributed by atoms with Gasteiger partial charge in [0.2, 0.25) is 0 Å². The number of Topliss-reactive ketones (excluding diaryl/α,β-unsaturated/α-hetero) is 1. The molecular formula is C30H39FN4O3. The van der Waals surface area contributed by atoms with Crippen LogP contribution < -0.4 is 10.6 Å². The zero-order valence-corrected chi connectivity index (χ0v) is 22.7. The number of amides is 3. The summed E-state index contributed by atoms with van der Waals surface area (Å²) in [5.41, 5.74) is 2.08. The minimum atomic E-state index is -0.632. The largest absolute Gasteiger partial charge is 0.338 e. The van der Waals surface area contributed by atoms with Crippen LogP contribution in [0.15, 0.2) is 42.5 Å². The molecule has 1 saturated heterocycles. The third kappa shape index (κ3) is 8.12. The second-order valence-electron chi connectivity index (χ2n) is 11.7. The Morgan fingerprint density at radius 1 is 0.974 bits per heavy atom. The first-order chi connectivity index (χ1) is 18.1. The van der Waals surface area contributed by atoms with Crippen molar-refractivity contribution in [2.24, 2.45) is 11.3 Å². The van der Waals surface area contributed by atoms with Crippen LogP contribution in [0.4, 0.5) is 14.9 Å². The van der Waals surface area contributed by atoms with Crippen LogP contribution in [-0.2, 0) is 6.54 Å². The second kappa shape index (κ2) is 12.1. The number of piperazine rings is 1. The van der Waals surface area contributed by atoms with Crippen LogP contribution in [0.3, 0.4) is 0 Å². The molecule has 2 N–H and O–H groups in total. The van der Waals surface area contributed by atoms with E-state index in [4.69, 9.17) is 0 Å². The molecule has 0 aromatic heterocycles. The summed E-state index contributed by atoms with van der Waals surface area (Å²) in [5.74, 6) is 0.00310. The van der Waals surface area contributed by atoms with E-state index in [1.807, 2.05) is 24.3 Å². The fourth-order valence-electron chi connectivity index (χ4n) is 4.69. The lowest BCUT2D eigenvalue weighted by atomic mass is 9.87. The molecule has 2 aromatic carbocycles. The summed E-state index contributed by atoms with van der Waals surface area (Å²) in [7, 11) is 0. The van der Waals surface area contributed by atoms with Crippen molar-refractivity contribution >= 4 is 23.4 Å². The maximum absolute atomic E-state index is 14.6. The molecule has 0 spiro atoms. The molecular weight excluding hydrogens is 483 g/mol. The summed E-state index contributed by atoms with van der Waals surface area (Å²) in [6.45, 7) is 9.91. The number of rotatable bonds is 9. The Hall–Kier alpha value is -3.26. The van der Waals surface area contributed by atoms with Crippen molar-refractivity contribution in [3.8, 4) is 0 Å². The van der Waals surface area contributed by atoms with E-state index >= 15 is 0 Å². The van der Waals surface area contributed by atoms with Crippen molar-refractivity contribution in [2.45, 2.75) is 53.0 Å². The fourth-order valence-corrected chi connectivity index (χ4v) is 4.69. The lowest BCUT2D eigenvalue weighted by Crippen LogP contribution is -2.48. The highest BCUT2D eigenvalue weighted by molar-refractivity contribution is 5.97. The van der Waals surface area contributed by atoms with E-state index in [1.54, 1.807) is 11.0 Å². The van der Waals surface area contributed by atoms with Gasteiger partial charge in [0.25, 0.3) is 5.91 Å². The topological polar surface area (TPSA) is 81.8 Å². The van der Waals surface area contributed by atoms with Gasteiger partial charge in [0, 0.05) is 56.8 Å². The van der Waals surface area contributed by atoms with E-state index in [2.05, 4.69) is 36.3 Å². The van der Waals surface area contributed by atoms with Gasteiger partial charge in [-0.2, -0.15) is 0 Å². The zero-order valence-electron chi connectivity index (χ0n) is 22.7. The van der Waals surface area contributed by atoms with Crippen molar-refractivity contribution in [1.29, 1.82) is 0 Å². The van der Waals surface area contributed by atoms with Crippen molar-refractivity contribution in [1.82, 2.24) is 15.1 Å². The molecule has 3 amide bonds. The third-order valence-corrected chi connectivity index (χ3v) is 7.00. The Balaban J connectivity index is 1.26. The molecule has 0 atom stereocenters. The van der Waals surface area contributed by atoms with Gasteiger partial charge in [0.15, 0.2) is 5.78 Å². The average Bonchev–Trinajstić information content (AvgIpc) is 3.69. The molecule has 7 nitrogen and oxygen atoms in total. The first-order valence-corrected chi connectivity index (χ1v) is 13.6. The molecule has 1 aliphatic heterocycles. The summed E-state index contributed by atoms with van der Waals surface area (Å²) in [6, 6.07) is 11.5. The maximum Gasteiger partial charge on any atom is 0.319 e. The Kier molecular flexibility index (Phi) is 8.82. The predicted molar refractivity (Wildman–Crippen MR) is 147 cm³/mol. The van der Waals surface area contributed by atoms with E-state index in [1.165, 1.54) is 25.0 Å². The van der Waals surface area contributed by atoms with E-state index < -0.39 is 11.8 Å². The molecule has 204 valence electrons. The van der Waals surface area contributed by atoms with Crippen molar-refractivity contribution in [3.63, 3.8) is 0 Å². The van der Waals surface area contributed by atoms with Crippen LogP contribution in [0, 0.1) is 17.2 Å². The molecule has 2 aromatic rings. The molecule has 1 heterocycles. The van der Waals surface area contributed by atoms with Gasteiger partial charge in [-0.05, 0) is 47.6 Å². The minimum Gasteiger partial charge on any atom is -0.338 e. The number of carbonyl (C=O) groups excluding carboxylic acids is 3. The highest BCUT2D eigenvalue weighted by Gasteiger charge is 2.24. The summed E-state index contributed by atoms with van der Waals surface area (Å²) < 4.78 is 14.6. The van der Waals surface area contributed by atoms with Gasteiger partial charge in [0.05, 0.1) is 5.69 Å².